The molecule has 0 aliphatic carbocycles. The molecule has 1 N–H and O–H groups in total. The van der Waals surface area contributed by atoms with E-state index in [2.05, 4.69) is 4.98 Å². The topological polar surface area (TPSA) is 82.7 Å². The van der Waals surface area contributed by atoms with Crippen LogP contribution in [0.4, 0.5) is 0 Å². The van der Waals surface area contributed by atoms with Crippen LogP contribution in [0, 0.1) is 0 Å². The number of likely N-dealkylation sites (tertiary alicyclic amines) is 2. The van der Waals surface area contributed by atoms with E-state index >= 15 is 0 Å². The Bertz CT molecular complexity index is 997. The van der Waals surface area contributed by atoms with Crippen LogP contribution in [-0.2, 0) is 14.3 Å². The second kappa shape index (κ2) is 9.36. The van der Waals surface area contributed by atoms with Crippen LogP contribution >= 0.6 is 11.6 Å². The zero-order chi connectivity index (χ0) is 22.7. The Morgan fingerprint density at radius 3 is 2.44 bits per heavy atom. The summed E-state index contributed by atoms with van der Waals surface area (Å²) in [6, 6.07) is 11.0. The summed E-state index contributed by atoms with van der Waals surface area (Å²) in [7, 11) is 0. The van der Waals surface area contributed by atoms with Crippen LogP contribution in [0.3, 0.4) is 0 Å². The number of ether oxygens (including phenoxy) is 1. The lowest BCUT2D eigenvalue weighted by Gasteiger charge is -2.38. The Hall–Kier alpha value is -2.80. The van der Waals surface area contributed by atoms with Gasteiger partial charge in [-0.1, -0.05) is 23.7 Å². The lowest BCUT2D eigenvalue weighted by Crippen LogP contribution is -2.53. The molecular formula is C24H28ClN3O4. The SMILES string of the molecule is CC(=O)OCC1(CC(=O)N2CCCC2)CCCN1C(=O)c1ccc(-c2ccc(Cl)cc2)[nH]1. The van der Waals surface area contributed by atoms with Crippen molar-refractivity contribution in [1.82, 2.24) is 14.8 Å². The first kappa shape index (κ1) is 22.4. The molecule has 0 radical (unpaired) electrons. The summed E-state index contributed by atoms with van der Waals surface area (Å²) in [6.45, 7) is 3.39. The quantitative estimate of drug-likeness (QED) is 0.667. The molecule has 0 bridgehead atoms. The summed E-state index contributed by atoms with van der Waals surface area (Å²) in [6.07, 6.45) is 3.54. The maximum absolute atomic E-state index is 13.5. The van der Waals surface area contributed by atoms with Gasteiger partial charge < -0.3 is 19.5 Å². The van der Waals surface area contributed by atoms with Gasteiger partial charge in [-0.2, -0.15) is 0 Å². The summed E-state index contributed by atoms with van der Waals surface area (Å²) >= 11 is 5.97. The lowest BCUT2D eigenvalue weighted by molar-refractivity contribution is -0.147. The van der Waals surface area contributed by atoms with E-state index in [1.165, 1.54) is 6.92 Å². The highest BCUT2D eigenvalue weighted by atomic mass is 35.5. The van der Waals surface area contributed by atoms with Crippen molar-refractivity contribution in [1.29, 1.82) is 0 Å². The number of aromatic nitrogens is 1. The van der Waals surface area contributed by atoms with Crippen molar-refractivity contribution in [2.75, 3.05) is 26.2 Å². The number of carbonyl (C=O) groups is 3. The highest BCUT2D eigenvalue weighted by Crippen LogP contribution is 2.36. The third-order valence-electron chi connectivity index (χ3n) is 6.40. The van der Waals surface area contributed by atoms with Gasteiger partial charge in [-0.15, -0.1) is 0 Å². The smallest absolute Gasteiger partial charge is 0.302 e. The number of halogens is 1. The van der Waals surface area contributed by atoms with Crippen molar-refractivity contribution in [2.45, 2.75) is 44.6 Å². The number of benzene rings is 1. The molecule has 0 spiro atoms. The van der Waals surface area contributed by atoms with Crippen LogP contribution in [0.15, 0.2) is 36.4 Å². The number of rotatable bonds is 6. The van der Waals surface area contributed by atoms with E-state index in [0.717, 1.165) is 43.6 Å². The molecule has 2 saturated heterocycles. The maximum atomic E-state index is 13.5. The predicted octanol–water partition coefficient (Wildman–Crippen LogP) is 3.89. The molecule has 0 saturated carbocycles. The first-order valence-corrected chi connectivity index (χ1v) is 11.4. The summed E-state index contributed by atoms with van der Waals surface area (Å²) < 4.78 is 5.37. The van der Waals surface area contributed by atoms with Crippen LogP contribution in [0.2, 0.25) is 5.02 Å². The number of carbonyl (C=O) groups excluding carboxylic acids is 3. The van der Waals surface area contributed by atoms with Gasteiger partial charge in [-0.3, -0.25) is 14.4 Å². The zero-order valence-electron chi connectivity index (χ0n) is 18.2. The van der Waals surface area contributed by atoms with E-state index in [1.807, 2.05) is 23.1 Å². The van der Waals surface area contributed by atoms with Crippen LogP contribution in [0.5, 0.6) is 0 Å². The van der Waals surface area contributed by atoms with Crippen molar-refractivity contribution in [3.05, 3.63) is 47.1 Å². The third-order valence-corrected chi connectivity index (χ3v) is 6.65. The molecule has 7 nitrogen and oxygen atoms in total. The number of esters is 1. The summed E-state index contributed by atoms with van der Waals surface area (Å²) in [5, 5.41) is 0.645. The van der Waals surface area contributed by atoms with Gasteiger partial charge in [-0.05, 0) is 55.5 Å². The Balaban J connectivity index is 1.57. The molecule has 3 heterocycles. The average Bonchev–Trinajstić information content (AvgIpc) is 3.53. The van der Waals surface area contributed by atoms with E-state index < -0.39 is 11.5 Å². The molecule has 32 heavy (non-hydrogen) atoms. The molecule has 2 aliphatic rings. The molecule has 1 atom stereocenters. The van der Waals surface area contributed by atoms with Gasteiger partial charge in [0, 0.05) is 37.3 Å². The van der Waals surface area contributed by atoms with E-state index in [4.69, 9.17) is 16.3 Å². The lowest BCUT2D eigenvalue weighted by atomic mass is 9.91. The van der Waals surface area contributed by atoms with Crippen LogP contribution < -0.4 is 0 Å². The van der Waals surface area contributed by atoms with Gasteiger partial charge in [0.25, 0.3) is 5.91 Å². The van der Waals surface area contributed by atoms with Crippen LogP contribution in [-0.4, -0.2) is 64.3 Å². The minimum Gasteiger partial charge on any atom is -0.463 e. The number of nitrogens with one attached hydrogen (secondary N) is 1. The normalized spacial score (nSPS) is 20.6. The Morgan fingerprint density at radius 2 is 1.75 bits per heavy atom. The minimum absolute atomic E-state index is 0.0164. The second-order valence-corrected chi connectivity index (χ2v) is 9.06. The fourth-order valence-electron chi connectivity index (χ4n) is 4.70. The monoisotopic (exact) mass is 457 g/mol. The number of amides is 2. The Kier molecular flexibility index (Phi) is 6.55. The van der Waals surface area contributed by atoms with E-state index in [0.29, 0.717) is 23.7 Å². The third kappa shape index (κ3) is 4.67. The maximum Gasteiger partial charge on any atom is 0.302 e. The molecule has 2 aromatic rings. The van der Waals surface area contributed by atoms with Gasteiger partial charge in [-0.25, -0.2) is 0 Å². The first-order chi connectivity index (χ1) is 15.4. The van der Waals surface area contributed by atoms with Gasteiger partial charge in [0.2, 0.25) is 5.91 Å². The predicted molar refractivity (Wildman–Crippen MR) is 121 cm³/mol. The molecule has 1 aromatic heterocycles. The molecule has 1 aromatic carbocycles. The van der Waals surface area contributed by atoms with Crippen LogP contribution in [0.1, 0.15) is 49.5 Å². The second-order valence-electron chi connectivity index (χ2n) is 8.62. The number of hydrogen-bond acceptors (Lipinski definition) is 4. The minimum atomic E-state index is -0.825. The van der Waals surface area contributed by atoms with Gasteiger partial charge in [0.05, 0.1) is 12.0 Å². The molecular weight excluding hydrogens is 430 g/mol. The molecule has 8 heteroatoms. The summed E-state index contributed by atoms with van der Waals surface area (Å²) in [4.78, 5) is 44.9. The first-order valence-electron chi connectivity index (χ1n) is 11.1. The highest BCUT2D eigenvalue weighted by Gasteiger charge is 2.47. The molecule has 170 valence electrons. The van der Waals surface area contributed by atoms with Crippen molar-refractivity contribution < 1.29 is 19.1 Å². The number of hydrogen-bond donors (Lipinski definition) is 1. The van der Waals surface area contributed by atoms with Crippen molar-refractivity contribution in [3.63, 3.8) is 0 Å². The summed E-state index contributed by atoms with van der Waals surface area (Å²) in [5.41, 5.74) is 1.35. The van der Waals surface area contributed by atoms with Gasteiger partial charge in [0.15, 0.2) is 0 Å². The zero-order valence-corrected chi connectivity index (χ0v) is 19.0. The van der Waals surface area contributed by atoms with E-state index in [-0.39, 0.29) is 24.8 Å². The number of nitrogens with zero attached hydrogens (tertiary/aromatic N) is 2. The molecule has 4 rings (SSSR count). The standard InChI is InChI=1S/C24H28ClN3O4/c1-17(29)32-16-24(15-22(30)27-12-2-3-13-27)11-4-14-28(24)23(31)21-10-9-20(26-21)18-5-7-19(25)8-6-18/h5-10,26H,2-4,11-16H2,1H3. The Morgan fingerprint density at radius 1 is 1.03 bits per heavy atom. The van der Waals surface area contributed by atoms with E-state index in [1.54, 1.807) is 23.1 Å². The molecule has 2 fully saturated rings. The van der Waals surface area contributed by atoms with Crippen molar-refractivity contribution >= 4 is 29.4 Å². The van der Waals surface area contributed by atoms with E-state index in [9.17, 15) is 14.4 Å². The fraction of sp³-hybridized carbons (Fsp3) is 0.458. The summed E-state index contributed by atoms with van der Waals surface area (Å²) in [5.74, 6) is -0.589. The Labute approximate surface area is 192 Å². The number of aromatic amines is 1. The fourth-order valence-corrected chi connectivity index (χ4v) is 4.83. The van der Waals surface area contributed by atoms with Crippen LogP contribution in [0.25, 0.3) is 11.3 Å². The molecule has 2 amide bonds. The van der Waals surface area contributed by atoms with Crippen molar-refractivity contribution in [2.24, 2.45) is 0 Å². The average molecular weight is 458 g/mol. The highest BCUT2D eigenvalue weighted by molar-refractivity contribution is 6.30. The van der Waals surface area contributed by atoms with Gasteiger partial charge in [0.1, 0.15) is 12.3 Å². The van der Waals surface area contributed by atoms with Gasteiger partial charge >= 0.3 is 5.97 Å². The largest absolute Gasteiger partial charge is 0.463 e. The molecule has 1 unspecified atom stereocenters. The van der Waals surface area contributed by atoms with Crippen molar-refractivity contribution in [3.8, 4) is 11.3 Å². The molecule has 2 aliphatic heterocycles. The number of H-pyrrole nitrogens is 1.